The van der Waals surface area contributed by atoms with Gasteiger partial charge in [0.25, 0.3) is 0 Å². The van der Waals surface area contributed by atoms with E-state index in [9.17, 15) is 22.8 Å². The summed E-state index contributed by atoms with van der Waals surface area (Å²) in [4.78, 5) is 26.5. The molecular weight excluding hydrogens is 437 g/mol. The summed E-state index contributed by atoms with van der Waals surface area (Å²) in [7, 11) is 0. The number of ether oxygens (including phenoxy) is 2. The molecule has 0 spiro atoms. The fourth-order valence-corrected chi connectivity index (χ4v) is 3.93. The largest absolute Gasteiger partial charge is 0.491 e. The van der Waals surface area contributed by atoms with Gasteiger partial charge in [0.05, 0.1) is 11.1 Å². The van der Waals surface area contributed by atoms with Gasteiger partial charge in [-0.15, -0.1) is 0 Å². The van der Waals surface area contributed by atoms with Gasteiger partial charge in [-0.05, 0) is 58.6 Å². The molecule has 33 heavy (non-hydrogen) atoms. The second-order valence-corrected chi connectivity index (χ2v) is 9.89. The van der Waals surface area contributed by atoms with Crippen LogP contribution in [0.5, 0.6) is 5.75 Å². The Hall–Kier alpha value is -2.45. The Bertz CT molecular complexity index is 837. The van der Waals surface area contributed by atoms with Crippen LogP contribution in [0.2, 0.25) is 0 Å². The third-order valence-corrected chi connectivity index (χ3v) is 5.39. The number of halogens is 3. The highest BCUT2D eigenvalue weighted by Gasteiger charge is 2.61. The summed E-state index contributed by atoms with van der Waals surface area (Å²) in [6, 6.07) is 4.99. The summed E-state index contributed by atoms with van der Waals surface area (Å²) in [5.74, 6) is -0.490. The summed E-state index contributed by atoms with van der Waals surface area (Å²) < 4.78 is 50.1. The molecular formula is C24H35F3N2O4. The minimum atomic E-state index is -4.52. The first-order valence-corrected chi connectivity index (χ1v) is 11.3. The summed E-state index contributed by atoms with van der Waals surface area (Å²) in [6.07, 6.45) is -4.90. The van der Waals surface area contributed by atoms with Crippen LogP contribution in [0.1, 0.15) is 54.0 Å². The molecule has 1 aliphatic heterocycles. The highest BCUT2D eigenvalue weighted by atomic mass is 19.4. The first kappa shape index (κ1) is 26.8. The molecule has 2 aliphatic rings. The predicted octanol–water partition coefficient (Wildman–Crippen LogP) is 5.12. The molecule has 1 saturated carbocycles. The van der Waals surface area contributed by atoms with Crippen LogP contribution in [0.3, 0.4) is 0 Å². The number of para-hydroxylation sites is 1. The number of carbonyl (C=O) groups is 2. The molecule has 2 unspecified atom stereocenters. The van der Waals surface area contributed by atoms with E-state index in [0.717, 1.165) is 6.07 Å². The van der Waals surface area contributed by atoms with E-state index in [0.29, 0.717) is 13.1 Å². The van der Waals surface area contributed by atoms with Crippen molar-refractivity contribution >= 4 is 12.0 Å². The second-order valence-electron chi connectivity index (χ2n) is 9.89. The number of alkyl halides is 3. The van der Waals surface area contributed by atoms with Crippen molar-refractivity contribution in [3.8, 4) is 5.75 Å². The molecule has 1 saturated heterocycles. The summed E-state index contributed by atoms with van der Waals surface area (Å²) in [5, 5.41) is 2.88. The SMILES string of the molecule is CC.CC(C)(COc1ccccc1C(F)(F)F)NC(=O)C1C2CN(C(=O)OC(C)(C)C)CC21. The van der Waals surface area contributed by atoms with Gasteiger partial charge in [0.2, 0.25) is 5.91 Å². The number of carbonyl (C=O) groups excluding carboxylic acids is 2. The molecule has 3 rings (SSSR count). The fraction of sp³-hybridized carbons (Fsp3) is 0.667. The van der Waals surface area contributed by atoms with Gasteiger partial charge in [-0.1, -0.05) is 26.0 Å². The zero-order chi connectivity index (χ0) is 25.2. The minimum absolute atomic E-state index is 0.0789. The van der Waals surface area contributed by atoms with Crippen molar-refractivity contribution in [2.45, 2.75) is 65.8 Å². The second kappa shape index (κ2) is 9.81. The van der Waals surface area contributed by atoms with Gasteiger partial charge in [0, 0.05) is 19.0 Å². The average molecular weight is 473 g/mol. The number of hydrogen-bond acceptors (Lipinski definition) is 4. The lowest BCUT2D eigenvalue weighted by molar-refractivity contribution is -0.139. The number of benzene rings is 1. The number of piperidine rings is 1. The van der Waals surface area contributed by atoms with Crippen molar-refractivity contribution in [2.75, 3.05) is 19.7 Å². The van der Waals surface area contributed by atoms with Gasteiger partial charge in [-0.3, -0.25) is 4.79 Å². The van der Waals surface area contributed by atoms with Crippen LogP contribution in [0.25, 0.3) is 0 Å². The van der Waals surface area contributed by atoms with Crippen molar-refractivity contribution in [1.82, 2.24) is 10.2 Å². The van der Waals surface area contributed by atoms with Crippen molar-refractivity contribution in [2.24, 2.45) is 17.8 Å². The Labute approximate surface area is 193 Å². The quantitative estimate of drug-likeness (QED) is 0.646. The first-order chi connectivity index (χ1) is 15.2. The van der Waals surface area contributed by atoms with E-state index >= 15 is 0 Å². The van der Waals surface area contributed by atoms with Crippen LogP contribution in [0.15, 0.2) is 24.3 Å². The van der Waals surface area contributed by atoms with Crippen molar-refractivity contribution < 1.29 is 32.2 Å². The third-order valence-electron chi connectivity index (χ3n) is 5.39. The number of fused-ring (bicyclic) bond motifs is 1. The topological polar surface area (TPSA) is 67.9 Å². The maximum atomic E-state index is 13.1. The van der Waals surface area contributed by atoms with E-state index < -0.39 is 22.9 Å². The standard InChI is InChI=1S/C22H29F3N2O4.C2H6/c1-20(2,3)31-19(29)27-10-13-14(11-27)17(13)18(28)26-21(4,5)12-30-16-9-7-6-8-15(16)22(23,24)25;1-2/h6-9,13-14,17H,10-12H2,1-5H3,(H,26,28);1-2H3. The van der Waals surface area contributed by atoms with Gasteiger partial charge < -0.3 is 19.7 Å². The molecule has 6 nitrogen and oxygen atoms in total. The Morgan fingerprint density at radius 1 is 1.03 bits per heavy atom. The lowest BCUT2D eigenvalue weighted by Gasteiger charge is -2.28. The Morgan fingerprint density at radius 3 is 2.09 bits per heavy atom. The molecule has 186 valence electrons. The number of hydrogen-bond donors (Lipinski definition) is 1. The maximum Gasteiger partial charge on any atom is 0.419 e. The van der Waals surface area contributed by atoms with E-state index in [1.807, 2.05) is 13.8 Å². The van der Waals surface area contributed by atoms with Crippen LogP contribution in [0, 0.1) is 17.8 Å². The van der Waals surface area contributed by atoms with E-state index in [-0.39, 0.29) is 42.1 Å². The van der Waals surface area contributed by atoms with Crippen molar-refractivity contribution in [3.05, 3.63) is 29.8 Å². The lowest BCUT2D eigenvalue weighted by Crippen LogP contribution is -2.49. The molecule has 0 bridgehead atoms. The first-order valence-electron chi connectivity index (χ1n) is 11.3. The van der Waals surface area contributed by atoms with E-state index in [2.05, 4.69) is 5.32 Å². The average Bonchev–Trinajstić information content (AvgIpc) is 3.20. The van der Waals surface area contributed by atoms with Gasteiger partial charge in [-0.25, -0.2) is 4.79 Å². The van der Waals surface area contributed by atoms with Crippen LogP contribution >= 0.6 is 0 Å². The number of likely N-dealkylation sites (tertiary alicyclic amines) is 1. The van der Waals surface area contributed by atoms with Crippen LogP contribution < -0.4 is 10.1 Å². The molecule has 9 heteroatoms. The van der Waals surface area contributed by atoms with E-state index in [1.165, 1.54) is 18.2 Å². The molecule has 2 fully saturated rings. The lowest BCUT2D eigenvalue weighted by atomic mass is 10.1. The molecule has 2 atom stereocenters. The van der Waals surface area contributed by atoms with Crippen LogP contribution in [-0.4, -0.2) is 47.7 Å². The maximum absolute atomic E-state index is 13.1. The molecule has 1 heterocycles. The Kier molecular flexibility index (Phi) is 7.97. The third kappa shape index (κ3) is 7.01. The highest BCUT2D eigenvalue weighted by molar-refractivity contribution is 5.84. The summed E-state index contributed by atoms with van der Waals surface area (Å²) >= 11 is 0. The summed E-state index contributed by atoms with van der Waals surface area (Å²) in [6.45, 7) is 13.6. The number of nitrogens with zero attached hydrogens (tertiary/aromatic N) is 1. The van der Waals surface area contributed by atoms with E-state index in [1.54, 1.807) is 39.5 Å². The molecule has 1 aliphatic carbocycles. The molecule has 0 radical (unpaired) electrons. The van der Waals surface area contributed by atoms with E-state index in [4.69, 9.17) is 9.47 Å². The molecule has 0 aromatic heterocycles. The smallest absolute Gasteiger partial charge is 0.419 e. The van der Waals surface area contributed by atoms with Crippen molar-refractivity contribution in [3.63, 3.8) is 0 Å². The zero-order valence-electron chi connectivity index (χ0n) is 20.4. The molecule has 2 amide bonds. The van der Waals surface area contributed by atoms with Gasteiger partial charge >= 0.3 is 12.3 Å². The van der Waals surface area contributed by atoms with Gasteiger partial charge in [0.15, 0.2) is 0 Å². The summed E-state index contributed by atoms with van der Waals surface area (Å²) in [5.41, 5.74) is -2.29. The van der Waals surface area contributed by atoms with Gasteiger partial charge in [0.1, 0.15) is 18.0 Å². The molecule has 1 aromatic rings. The number of rotatable bonds is 5. The van der Waals surface area contributed by atoms with Gasteiger partial charge in [-0.2, -0.15) is 13.2 Å². The predicted molar refractivity (Wildman–Crippen MR) is 119 cm³/mol. The van der Waals surface area contributed by atoms with Crippen LogP contribution in [-0.2, 0) is 15.7 Å². The van der Waals surface area contributed by atoms with Crippen molar-refractivity contribution in [1.29, 1.82) is 0 Å². The molecule has 1 aromatic carbocycles. The Balaban J connectivity index is 0.00000187. The Morgan fingerprint density at radius 2 is 1.58 bits per heavy atom. The number of nitrogens with one attached hydrogen (secondary N) is 1. The number of amides is 2. The minimum Gasteiger partial charge on any atom is -0.491 e. The fourth-order valence-electron chi connectivity index (χ4n) is 3.93. The monoisotopic (exact) mass is 472 g/mol. The zero-order valence-corrected chi connectivity index (χ0v) is 20.4. The normalized spacial score (nSPS) is 22.0. The molecule has 1 N–H and O–H groups in total. The highest BCUT2D eigenvalue weighted by Crippen LogP contribution is 2.52. The van der Waals surface area contributed by atoms with Crippen LogP contribution in [0.4, 0.5) is 18.0 Å².